The zero-order valence-corrected chi connectivity index (χ0v) is 12.1. The van der Waals surface area contributed by atoms with Crippen LogP contribution in [0, 0.1) is 5.92 Å². The van der Waals surface area contributed by atoms with Crippen LogP contribution in [0.5, 0.6) is 5.75 Å². The molecule has 0 bridgehead atoms. The first kappa shape index (κ1) is 12.9. The highest BCUT2D eigenvalue weighted by molar-refractivity contribution is 9.09. The average molecular weight is 297 g/mol. The molecule has 2 unspecified atom stereocenters. The highest BCUT2D eigenvalue weighted by atomic mass is 79.9. The Kier molecular flexibility index (Phi) is 4.90. The molecule has 1 nitrogen and oxygen atoms in total. The Morgan fingerprint density at radius 1 is 1.24 bits per heavy atom. The quantitative estimate of drug-likeness (QED) is 0.586. The van der Waals surface area contributed by atoms with E-state index >= 15 is 0 Å². The Balaban J connectivity index is 2.02. The number of methoxy groups -OCH3 is 1. The number of benzene rings is 1. The summed E-state index contributed by atoms with van der Waals surface area (Å²) in [5.41, 5.74) is 1.40. The van der Waals surface area contributed by atoms with E-state index in [2.05, 4.69) is 34.1 Å². The molecule has 17 heavy (non-hydrogen) atoms. The molecule has 0 heterocycles. The van der Waals surface area contributed by atoms with Crippen molar-refractivity contribution < 1.29 is 4.74 Å². The van der Waals surface area contributed by atoms with E-state index < -0.39 is 0 Å². The maximum absolute atomic E-state index is 5.28. The molecule has 0 aromatic heterocycles. The van der Waals surface area contributed by atoms with Gasteiger partial charge < -0.3 is 4.74 Å². The lowest BCUT2D eigenvalue weighted by molar-refractivity contribution is 0.413. The van der Waals surface area contributed by atoms with Gasteiger partial charge in [0.2, 0.25) is 0 Å². The van der Waals surface area contributed by atoms with Gasteiger partial charge in [-0.25, -0.2) is 0 Å². The first-order chi connectivity index (χ1) is 8.29. The molecular weight excluding hydrogens is 276 g/mol. The van der Waals surface area contributed by atoms with Crippen molar-refractivity contribution in [2.24, 2.45) is 5.92 Å². The highest BCUT2D eigenvalue weighted by Gasteiger charge is 2.21. The van der Waals surface area contributed by atoms with Crippen LogP contribution in [0.3, 0.4) is 0 Å². The van der Waals surface area contributed by atoms with Crippen LogP contribution in [0.25, 0.3) is 0 Å². The molecule has 94 valence electrons. The fourth-order valence-corrected chi connectivity index (χ4v) is 3.45. The summed E-state index contributed by atoms with van der Waals surface area (Å²) in [4.78, 5) is 0.691. The summed E-state index contributed by atoms with van der Waals surface area (Å²) in [5.74, 6) is 1.76. The Bertz CT molecular complexity index is 351. The summed E-state index contributed by atoms with van der Waals surface area (Å²) in [5, 5.41) is 0. The van der Waals surface area contributed by atoms with Crippen LogP contribution in [-0.4, -0.2) is 11.9 Å². The van der Waals surface area contributed by atoms with E-state index in [1.807, 2.05) is 6.07 Å². The average Bonchev–Trinajstić information content (AvgIpc) is 2.55. The van der Waals surface area contributed by atoms with E-state index in [0.29, 0.717) is 4.83 Å². The van der Waals surface area contributed by atoms with E-state index in [0.717, 1.165) is 11.7 Å². The molecule has 0 amide bonds. The van der Waals surface area contributed by atoms with Gasteiger partial charge in [0, 0.05) is 4.83 Å². The van der Waals surface area contributed by atoms with Crippen LogP contribution >= 0.6 is 15.9 Å². The Labute approximate surface area is 113 Å². The zero-order chi connectivity index (χ0) is 12.1. The number of alkyl halides is 1. The van der Waals surface area contributed by atoms with Gasteiger partial charge in [0.1, 0.15) is 5.75 Å². The predicted molar refractivity (Wildman–Crippen MR) is 76.0 cm³/mol. The van der Waals surface area contributed by atoms with Crippen molar-refractivity contribution in [2.75, 3.05) is 7.11 Å². The van der Waals surface area contributed by atoms with Crippen molar-refractivity contribution in [2.45, 2.75) is 43.4 Å². The first-order valence-corrected chi connectivity index (χ1v) is 7.48. The lowest BCUT2D eigenvalue weighted by Gasteiger charge is -2.20. The van der Waals surface area contributed by atoms with Gasteiger partial charge >= 0.3 is 0 Å². The molecule has 0 saturated heterocycles. The second kappa shape index (κ2) is 6.44. The van der Waals surface area contributed by atoms with Crippen molar-refractivity contribution in [1.29, 1.82) is 0 Å². The third-order valence-electron chi connectivity index (χ3n) is 3.70. The highest BCUT2D eigenvalue weighted by Crippen LogP contribution is 2.31. The molecule has 1 fully saturated rings. The van der Waals surface area contributed by atoms with Gasteiger partial charge in [-0.05, 0) is 42.9 Å². The first-order valence-electron chi connectivity index (χ1n) is 6.56. The SMILES string of the molecule is COc1cccc(CC2CCCCCC2Br)c1. The Hall–Kier alpha value is -0.500. The van der Waals surface area contributed by atoms with E-state index in [4.69, 9.17) is 4.74 Å². The third-order valence-corrected chi connectivity index (χ3v) is 4.90. The fraction of sp³-hybridized carbons (Fsp3) is 0.600. The van der Waals surface area contributed by atoms with E-state index in [-0.39, 0.29) is 0 Å². The molecule has 2 atom stereocenters. The van der Waals surface area contributed by atoms with E-state index in [1.165, 1.54) is 44.1 Å². The summed E-state index contributed by atoms with van der Waals surface area (Å²) in [6.45, 7) is 0. The van der Waals surface area contributed by atoms with Gasteiger partial charge in [0.15, 0.2) is 0 Å². The molecule has 0 aliphatic heterocycles. The van der Waals surface area contributed by atoms with Crippen molar-refractivity contribution >= 4 is 15.9 Å². The standard InChI is InChI=1S/C15H21BrO/c1-17-14-8-5-6-12(11-14)10-13-7-3-2-4-9-15(13)16/h5-6,8,11,13,15H,2-4,7,9-10H2,1H3. The van der Waals surface area contributed by atoms with Gasteiger partial charge in [-0.1, -0.05) is 47.3 Å². The molecule has 1 aliphatic rings. The number of hydrogen-bond donors (Lipinski definition) is 0. The maximum atomic E-state index is 5.28. The van der Waals surface area contributed by atoms with Crippen molar-refractivity contribution in [1.82, 2.24) is 0 Å². The normalized spacial score (nSPS) is 25.3. The van der Waals surface area contributed by atoms with Crippen LogP contribution in [0.4, 0.5) is 0 Å². The lowest BCUT2D eigenvalue weighted by Crippen LogP contribution is -2.15. The number of rotatable bonds is 3. The fourth-order valence-electron chi connectivity index (χ4n) is 2.67. The summed E-state index contributed by atoms with van der Waals surface area (Å²) >= 11 is 3.87. The maximum Gasteiger partial charge on any atom is 0.119 e. The third kappa shape index (κ3) is 3.74. The number of hydrogen-bond acceptors (Lipinski definition) is 1. The molecule has 0 radical (unpaired) electrons. The molecule has 2 rings (SSSR count). The molecule has 2 heteroatoms. The van der Waals surface area contributed by atoms with Gasteiger partial charge in [-0.2, -0.15) is 0 Å². The van der Waals surface area contributed by atoms with Crippen LogP contribution in [0.15, 0.2) is 24.3 Å². The second-order valence-corrected chi connectivity index (χ2v) is 6.15. The van der Waals surface area contributed by atoms with Gasteiger partial charge in [-0.3, -0.25) is 0 Å². The molecule has 1 aromatic carbocycles. The predicted octanol–water partition coefficient (Wildman–Crippen LogP) is 4.58. The minimum Gasteiger partial charge on any atom is -0.497 e. The Morgan fingerprint density at radius 2 is 2.06 bits per heavy atom. The second-order valence-electron chi connectivity index (χ2n) is 4.97. The summed E-state index contributed by atoms with van der Waals surface area (Å²) in [6, 6.07) is 8.49. The monoisotopic (exact) mass is 296 g/mol. The molecule has 1 aliphatic carbocycles. The summed E-state index contributed by atoms with van der Waals surface area (Å²) in [6.07, 6.45) is 8.02. The minimum atomic E-state index is 0.691. The summed E-state index contributed by atoms with van der Waals surface area (Å²) in [7, 11) is 1.73. The van der Waals surface area contributed by atoms with E-state index in [1.54, 1.807) is 7.11 Å². The van der Waals surface area contributed by atoms with Crippen LogP contribution in [0.2, 0.25) is 0 Å². The van der Waals surface area contributed by atoms with Crippen molar-refractivity contribution in [3.63, 3.8) is 0 Å². The van der Waals surface area contributed by atoms with Gasteiger partial charge in [-0.15, -0.1) is 0 Å². The van der Waals surface area contributed by atoms with Crippen molar-refractivity contribution in [3.05, 3.63) is 29.8 Å². The smallest absolute Gasteiger partial charge is 0.119 e. The minimum absolute atomic E-state index is 0.691. The van der Waals surface area contributed by atoms with Crippen LogP contribution in [0.1, 0.15) is 37.7 Å². The van der Waals surface area contributed by atoms with Crippen LogP contribution in [-0.2, 0) is 6.42 Å². The topological polar surface area (TPSA) is 9.23 Å². The van der Waals surface area contributed by atoms with Crippen LogP contribution < -0.4 is 4.74 Å². The molecular formula is C15H21BrO. The molecule has 1 aromatic rings. The molecule has 0 spiro atoms. The van der Waals surface area contributed by atoms with Gasteiger partial charge in [0.25, 0.3) is 0 Å². The molecule has 0 N–H and O–H groups in total. The number of ether oxygens (including phenoxy) is 1. The summed E-state index contributed by atoms with van der Waals surface area (Å²) < 4.78 is 5.28. The van der Waals surface area contributed by atoms with Crippen molar-refractivity contribution in [3.8, 4) is 5.75 Å². The van der Waals surface area contributed by atoms with Gasteiger partial charge in [0.05, 0.1) is 7.11 Å². The van der Waals surface area contributed by atoms with E-state index in [9.17, 15) is 0 Å². The number of halogens is 1. The largest absolute Gasteiger partial charge is 0.497 e. The zero-order valence-electron chi connectivity index (χ0n) is 10.5. The Morgan fingerprint density at radius 3 is 2.88 bits per heavy atom. The molecule has 1 saturated carbocycles. The lowest BCUT2D eigenvalue weighted by atomic mass is 9.92.